The Morgan fingerprint density at radius 3 is 2.76 bits per heavy atom. The molecule has 1 aliphatic rings. The average Bonchev–Trinajstić information content (AvgIpc) is 3.08. The molecule has 0 spiro atoms. The Labute approximate surface area is 147 Å². The largest absolute Gasteiger partial charge is 0.484 e. The number of amides is 1. The number of rotatable bonds is 6. The molecule has 7 nitrogen and oxygen atoms in total. The van der Waals surface area contributed by atoms with Gasteiger partial charge in [0.2, 0.25) is 5.89 Å². The smallest absolute Gasteiger partial charge is 0.260 e. The summed E-state index contributed by atoms with van der Waals surface area (Å²) in [5.74, 6) is 2.13. The zero-order valence-electron chi connectivity index (χ0n) is 14.8. The second-order valence-corrected chi connectivity index (χ2v) is 6.22. The lowest BCUT2D eigenvalue weighted by Gasteiger charge is -2.34. The maximum Gasteiger partial charge on any atom is 0.260 e. The van der Waals surface area contributed by atoms with Gasteiger partial charge in [0.15, 0.2) is 12.4 Å². The monoisotopic (exact) mass is 344 g/mol. The Bertz CT molecular complexity index is 708. The van der Waals surface area contributed by atoms with Gasteiger partial charge in [0.05, 0.1) is 6.54 Å². The molecule has 2 aromatic rings. The fourth-order valence-corrected chi connectivity index (χ4v) is 2.79. The van der Waals surface area contributed by atoms with Gasteiger partial charge in [-0.3, -0.25) is 9.69 Å². The van der Waals surface area contributed by atoms with E-state index in [-0.39, 0.29) is 12.5 Å². The normalized spacial score (nSPS) is 15.4. The van der Waals surface area contributed by atoms with Gasteiger partial charge in [-0.15, -0.1) is 0 Å². The molecule has 7 heteroatoms. The Kier molecular flexibility index (Phi) is 5.65. The third-order valence-corrected chi connectivity index (χ3v) is 4.25. The molecule has 1 fully saturated rings. The van der Waals surface area contributed by atoms with Crippen LogP contribution in [-0.2, 0) is 17.8 Å². The zero-order valence-corrected chi connectivity index (χ0v) is 14.8. The number of piperazine rings is 1. The van der Waals surface area contributed by atoms with Crippen LogP contribution in [0.5, 0.6) is 5.75 Å². The Morgan fingerprint density at radius 2 is 2.08 bits per heavy atom. The predicted octanol–water partition coefficient (Wildman–Crippen LogP) is 1.66. The molecule has 3 rings (SSSR count). The van der Waals surface area contributed by atoms with Crippen molar-refractivity contribution < 1.29 is 14.1 Å². The number of hydrogen-bond donors (Lipinski definition) is 0. The number of benzene rings is 1. The zero-order chi connectivity index (χ0) is 17.6. The molecule has 0 unspecified atom stereocenters. The second-order valence-electron chi connectivity index (χ2n) is 6.22. The van der Waals surface area contributed by atoms with Gasteiger partial charge in [-0.2, -0.15) is 4.98 Å². The van der Waals surface area contributed by atoms with Crippen molar-refractivity contribution >= 4 is 5.91 Å². The van der Waals surface area contributed by atoms with Crippen LogP contribution in [0.1, 0.15) is 24.2 Å². The van der Waals surface area contributed by atoms with E-state index >= 15 is 0 Å². The van der Waals surface area contributed by atoms with Crippen molar-refractivity contribution in [3.63, 3.8) is 0 Å². The van der Waals surface area contributed by atoms with Crippen molar-refractivity contribution in [2.24, 2.45) is 0 Å². The van der Waals surface area contributed by atoms with Crippen molar-refractivity contribution in [1.82, 2.24) is 19.9 Å². The summed E-state index contributed by atoms with van der Waals surface area (Å²) in [5.41, 5.74) is 1.12. The van der Waals surface area contributed by atoms with Crippen LogP contribution in [0.3, 0.4) is 0 Å². The van der Waals surface area contributed by atoms with Gasteiger partial charge in [0.1, 0.15) is 5.75 Å². The second kappa shape index (κ2) is 8.11. The maximum absolute atomic E-state index is 12.3. The van der Waals surface area contributed by atoms with E-state index in [0.717, 1.165) is 30.8 Å². The molecular weight excluding hydrogens is 320 g/mol. The summed E-state index contributed by atoms with van der Waals surface area (Å²) < 4.78 is 10.7. The van der Waals surface area contributed by atoms with Crippen LogP contribution in [-0.4, -0.2) is 58.6 Å². The molecular formula is C18H24N4O3. The summed E-state index contributed by atoms with van der Waals surface area (Å²) in [6, 6.07) is 7.73. The molecule has 1 saturated heterocycles. The number of ether oxygens (including phenoxy) is 1. The minimum Gasteiger partial charge on any atom is -0.484 e. The van der Waals surface area contributed by atoms with E-state index in [1.54, 1.807) is 0 Å². The van der Waals surface area contributed by atoms with Crippen LogP contribution in [0.4, 0.5) is 0 Å². The van der Waals surface area contributed by atoms with Crippen molar-refractivity contribution in [3.8, 4) is 5.75 Å². The highest BCUT2D eigenvalue weighted by molar-refractivity contribution is 5.77. The van der Waals surface area contributed by atoms with Crippen molar-refractivity contribution in [1.29, 1.82) is 0 Å². The first-order valence-corrected chi connectivity index (χ1v) is 8.65. The maximum atomic E-state index is 12.3. The minimum absolute atomic E-state index is 0.0222. The topological polar surface area (TPSA) is 71.7 Å². The molecule has 1 aromatic carbocycles. The number of aromatic nitrogens is 2. The summed E-state index contributed by atoms with van der Waals surface area (Å²) >= 11 is 0. The molecule has 1 aliphatic heterocycles. The standard InChI is InChI=1S/C18H24N4O3/c1-3-17-19-16(20-25-17)12-21-7-9-22(10-8-21)18(23)13-24-15-6-4-5-14(2)11-15/h4-6,11H,3,7-10,12-13H2,1-2H3. The minimum atomic E-state index is 0.0222. The molecule has 0 aliphatic carbocycles. The van der Waals surface area contributed by atoms with Crippen LogP contribution >= 0.6 is 0 Å². The summed E-state index contributed by atoms with van der Waals surface area (Å²) in [7, 11) is 0. The third-order valence-electron chi connectivity index (χ3n) is 4.25. The van der Waals surface area contributed by atoms with Crippen molar-refractivity contribution in [2.75, 3.05) is 32.8 Å². The first kappa shape index (κ1) is 17.4. The van der Waals surface area contributed by atoms with Crippen LogP contribution in [0.2, 0.25) is 0 Å². The molecule has 0 saturated carbocycles. The fourth-order valence-electron chi connectivity index (χ4n) is 2.79. The Morgan fingerprint density at radius 1 is 1.28 bits per heavy atom. The predicted molar refractivity (Wildman–Crippen MR) is 92.2 cm³/mol. The number of aryl methyl sites for hydroxylation is 2. The molecule has 2 heterocycles. The highest BCUT2D eigenvalue weighted by Crippen LogP contribution is 2.13. The van der Waals surface area contributed by atoms with Crippen molar-refractivity contribution in [2.45, 2.75) is 26.8 Å². The molecule has 0 radical (unpaired) electrons. The van der Waals surface area contributed by atoms with Gasteiger partial charge in [-0.25, -0.2) is 0 Å². The van der Waals surface area contributed by atoms with E-state index in [2.05, 4.69) is 15.0 Å². The molecule has 1 aromatic heterocycles. The fraction of sp³-hybridized carbons (Fsp3) is 0.500. The first-order chi connectivity index (χ1) is 12.1. The van der Waals surface area contributed by atoms with Crippen molar-refractivity contribution in [3.05, 3.63) is 41.5 Å². The summed E-state index contributed by atoms with van der Waals surface area (Å²) in [6.07, 6.45) is 0.746. The number of hydrogen-bond acceptors (Lipinski definition) is 6. The summed E-state index contributed by atoms with van der Waals surface area (Å²) in [4.78, 5) is 20.7. The third kappa shape index (κ3) is 4.79. The molecule has 0 N–H and O–H groups in total. The molecule has 25 heavy (non-hydrogen) atoms. The average molecular weight is 344 g/mol. The highest BCUT2D eigenvalue weighted by atomic mass is 16.5. The molecule has 0 atom stereocenters. The van der Waals surface area contributed by atoms with Gasteiger partial charge in [-0.05, 0) is 24.6 Å². The van der Waals surface area contributed by atoms with Gasteiger partial charge in [-0.1, -0.05) is 24.2 Å². The number of nitrogens with zero attached hydrogens (tertiary/aromatic N) is 4. The summed E-state index contributed by atoms with van der Waals surface area (Å²) in [5, 5.41) is 3.98. The van der Waals surface area contributed by atoms with Crippen LogP contribution in [0, 0.1) is 6.92 Å². The number of carbonyl (C=O) groups excluding carboxylic acids is 1. The van der Waals surface area contributed by atoms with Gasteiger partial charge in [0, 0.05) is 32.6 Å². The van der Waals surface area contributed by atoms with Crippen LogP contribution in [0.25, 0.3) is 0 Å². The van der Waals surface area contributed by atoms with Crippen LogP contribution < -0.4 is 4.74 Å². The van der Waals surface area contributed by atoms with E-state index in [0.29, 0.717) is 31.3 Å². The van der Waals surface area contributed by atoms with E-state index in [9.17, 15) is 4.79 Å². The Balaban J connectivity index is 1.42. The SMILES string of the molecule is CCc1nc(CN2CCN(C(=O)COc3cccc(C)c3)CC2)no1. The van der Waals surface area contributed by atoms with Crippen LogP contribution in [0.15, 0.2) is 28.8 Å². The van der Waals surface area contributed by atoms with Gasteiger partial charge < -0.3 is 14.2 Å². The lowest BCUT2D eigenvalue weighted by atomic mass is 10.2. The van der Waals surface area contributed by atoms with E-state index in [4.69, 9.17) is 9.26 Å². The lowest BCUT2D eigenvalue weighted by Crippen LogP contribution is -2.49. The highest BCUT2D eigenvalue weighted by Gasteiger charge is 2.22. The van der Waals surface area contributed by atoms with Gasteiger partial charge in [0.25, 0.3) is 5.91 Å². The van der Waals surface area contributed by atoms with Gasteiger partial charge >= 0.3 is 0 Å². The Hall–Kier alpha value is -2.41. The molecule has 134 valence electrons. The molecule has 1 amide bonds. The lowest BCUT2D eigenvalue weighted by molar-refractivity contribution is -0.135. The number of carbonyl (C=O) groups is 1. The molecule has 0 bridgehead atoms. The first-order valence-electron chi connectivity index (χ1n) is 8.65. The van der Waals surface area contributed by atoms with E-state index in [1.807, 2.05) is 43.0 Å². The summed E-state index contributed by atoms with van der Waals surface area (Å²) in [6.45, 7) is 7.70. The van der Waals surface area contributed by atoms with E-state index in [1.165, 1.54) is 0 Å². The van der Waals surface area contributed by atoms with E-state index < -0.39 is 0 Å². The quantitative estimate of drug-likeness (QED) is 0.794.